The summed E-state index contributed by atoms with van der Waals surface area (Å²) in [5.41, 5.74) is 3.36. The fourth-order valence-electron chi connectivity index (χ4n) is 2.81. The number of ether oxygens (including phenoxy) is 1. The third-order valence-corrected chi connectivity index (χ3v) is 4.23. The fourth-order valence-corrected chi connectivity index (χ4v) is 2.81. The summed E-state index contributed by atoms with van der Waals surface area (Å²) >= 11 is 0. The summed E-state index contributed by atoms with van der Waals surface area (Å²) in [4.78, 5) is 29.8. The van der Waals surface area contributed by atoms with Crippen molar-refractivity contribution in [1.82, 2.24) is 4.98 Å². The van der Waals surface area contributed by atoms with Gasteiger partial charge in [-0.15, -0.1) is 0 Å². The summed E-state index contributed by atoms with van der Waals surface area (Å²) in [6.07, 6.45) is 1.54. The molecular formula is C21H23N3O3. The Labute approximate surface area is 159 Å². The van der Waals surface area contributed by atoms with Crippen LogP contribution in [0.25, 0.3) is 6.08 Å². The number of aromatic nitrogens is 1. The van der Waals surface area contributed by atoms with E-state index in [9.17, 15) is 14.9 Å². The maximum absolute atomic E-state index is 12.8. The quantitative estimate of drug-likeness (QED) is 0.365. The lowest BCUT2D eigenvalue weighted by atomic mass is 10.0. The zero-order valence-electron chi connectivity index (χ0n) is 16.2. The van der Waals surface area contributed by atoms with Crippen molar-refractivity contribution >= 4 is 23.5 Å². The minimum Gasteiger partial charge on any atom is -0.462 e. The first-order chi connectivity index (χ1) is 12.8. The molecular weight excluding hydrogens is 342 g/mol. The highest BCUT2D eigenvalue weighted by Gasteiger charge is 2.24. The van der Waals surface area contributed by atoms with Gasteiger partial charge in [-0.2, -0.15) is 5.26 Å². The van der Waals surface area contributed by atoms with Gasteiger partial charge in [0, 0.05) is 25.5 Å². The maximum Gasteiger partial charge on any atom is 0.340 e. The number of Topliss-reactive ketones (excluding diaryl/α,β-unsaturated/α-hetero) is 1. The Balaban J connectivity index is 2.39. The highest BCUT2D eigenvalue weighted by molar-refractivity contribution is 6.15. The molecule has 0 unspecified atom stereocenters. The van der Waals surface area contributed by atoms with Crippen molar-refractivity contribution in [2.45, 2.75) is 20.8 Å². The zero-order valence-corrected chi connectivity index (χ0v) is 16.2. The number of allylic oxidation sites excluding steroid dienone is 1. The van der Waals surface area contributed by atoms with Gasteiger partial charge in [-0.05, 0) is 50.1 Å². The van der Waals surface area contributed by atoms with Crippen LogP contribution < -0.4 is 4.90 Å². The molecule has 1 heterocycles. The van der Waals surface area contributed by atoms with E-state index >= 15 is 0 Å². The molecule has 0 spiro atoms. The number of aromatic amines is 1. The summed E-state index contributed by atoms with van der Waals surface area (Å²) in [5, 5.41) is 9.47. The van der Waals surface area contributed by atoms with Crippen LogP contribution in [0.2, 0.25) is 0 Å². The number of esters is 1. The van der Waals surface area contributed by atoms with E-state index in [2.05, 4.69) is 4.98 Å². The number of rotatable bonds is 6. The summed E-state index contributed by atoms with van der Waals surface area (Å²) in [7, 11) is 3.87. The van der Waals surface area contributed by atoms with Crippen LogP contribution >= 0.6 is 0 Å². The molecule has 0 bridgehead atoms. The molecule has 1 N–H and O–H groups in total. The summed E-state index contributed by atoms with van der Waals surface area (Å²) in [6, 6.07) is 9.47. The molecule has 27 heavy (non-hydrogen) atoms. The molecule has 140 valence electrons. The minimum atomic E-state index is -0.482. The van der Waals surface area contributed by atoms with Gasteiger partial charge in [0.2, 0.25) is 5.78 Å². The molecule has 0 atom stereocenters. The van der Waals surface area contributed by atoms with E-state index in [1.54, 1.807) is 26.8 Å². The van der Waals surface area contributed by atoms with Crippen molar-refractivity contribution in [2.75, 3.05) is 25.6 Å². The predicted molar refractivity (Wildman–Crippen MR) is 105 cm³/mol. The van der Waals surface area contributed by atoms with Crippen LogP contribution in [0.4, 0.5) is 5.69 Å². The van der Waals surface area contributed by atoms with Crippen molar-refractivity contribution in [1.29, 1.82) is 5.26 Å². The highest BCUT2D eigenvalue weighted by Crippen LogP contribution is 2.23. The van der Waals surface area contributed by atoms with Gasteiger partial charge in [0.1, 0.15) is 11.6 Å². The average molecular weight is 365 g/mol. The van der Waals surface area contributed by atoms with Crippen LogP contribution in [0.15, 0.2) is 29.8 Å². The molecule has 6 heteroatoms. The van der Waals surface area contributed by atoms with Crippen LogP contribution in [0.3, 0.4) is 0 Å². The molecule has 0 aliphatic carbocycles. The number of nitriles is 1. The molecule has 2 aromatic rings. The summed E-state index contributed by atoms with van der Waals surface area (Å²) < 4.78 is 5.04. The standard InChI is InChI=1S/C21H23N3O3/c1-6-27-21(26)18-13(2)19(23-14(18)3)20(25)16(12-22)11-15-7-9-17(10-8-15)24(4)5/h7-11,23H,6H2,1-5H3/b16-11+. The monoisotopic (exact) mass is 365 g/mol. The molecule has 2 rings (SSSR count). The molecule has 0 saturated carbocycles. The molecule has 0 aliphatic rings. The average Bonchev–Trinajstić information content (AvgIpc) is 2.94. The van der Waals surface area contributed by atoms with E-state index in [-0.39, 0.29) is 17.9 Å². The smallest absolute Gasteiger partial charge is 0.340 e. The molecule has 1 aromatic carbocycles. The Morgan fingerprint density at radius 1 is 1.22 bits per heavy atom. The number of aryl methyl sites for hydroxylation is 1. The van der Waals surface area contributed by atoms with E-state index in [0.717, 1.165) is 11.3 Å². The number of nitrogens with zero attached hydrogens (tertiary/aromatic N) is 2. The Bertz CT molecular complexity index is 929. The minimum absolute atomic E-state index is 0.00707. The normalized spacial score (nSPS) is 11.0. The molecule has 0 amide bonds. The van der Waals surface area contributed by atoms with Crippen LogP contribution in [0.1, 0.15) is 44.6 Å². The topological polar surface area (TPSA) is 86.2 Å². The number of nitrogens with one attached hydrogen (secondary N) is 1. The summed E-state index contributed by atoms with van der Waals surface area (Å²) in [5.74, 6) is -0.935. The molecule has 0 fully saturated rings. The van der Waals surface area contributed by atoms with Crippen molar-refractivity contribution in [3.8, 4) is 6.07 Å². The second-order valence-electron chi connectivity index (χ2n) is 6.33. The van der Waals surface area contributed by atoms with Crippen LogP contribution in [-0.2, 0) is 4.74 Å². The van der Waals surface area contributed by atoms with E-state index < -0.39 is 11.8 Å². The lowest BCUT2D eigenvalue weighted by Gasteiger charge is -2.11. The third-order valence-electron chi connectivity index (χ3n) is 4.23. The Kier molecular flexibility index (Phi) is 6.19. The molecule has 0 aliphatic heterocycles. The Hall–Kier alpha value is -3.33. The van der Waals surface area contributed by atoms with Crippen molar-refractivity contribution < 1.29 is 14.3 Å². The number of H-pyrrole nitrogens is 1. The fraction of sp³-hybridized carbons (Fsp3) is 0.286. The van der Waals surface area contributed by atoms with Gasteiger partial charge in [-0.25, -0.2) is 4.79 Å². The molecule has 0 saturated heterocycles. The number of ketones is 1. The maximum atomic E-state index is 12.8. The second-order valence-corrected chi connectivity index (χ2v) is 6.33. The second kappa shape index (κ2) is 8.37. The number of anilines is 1. The largest absolute Gasteiger partial charge is 0.462 e. The van der Waals surface area contributed by atoms with Gasteiger partial charge in [0.25, 0.3) is 0 Å². The van der Waals surface area contributed by atoms with Crippen molar-refractivity contribution in [3.63, 3.8) is 0 Å². The summed E-state index contributed by atoms with van der Waals surface area (Å²) in [6.45, 7) is 5.34. The zero-order chi connectivity index (χ0) is 20.1. The number of benzene rings is 1. The van der Waals surface area contributed by atoms with Gasteiger partial charge < -0.3 is 14.6 Å². The van der Waals surface area contributed by atoms with E-state index in [1.165, 1.54) is 0 Å². The SMILES string of the molecule is CCOC(=O)c1c(C)[nH]c(C(=O)/C(C#N)=C/c2ccc(N(C)C)cc2)c1C. The van der Waals surface area contributed by atoms with Gasteiger partial charge in [-0.1, -0.05) is 12.1 Å². The third kappa shape index (κ3) is 4.26. The van der Waals surface area contributed by atoms with Gasteiger partial charge in [0.15, 0.2) is 0 Å². The van der Waals surface area contributed by atoms with E-state index in [1.807, 2.05) is 49.3 Å². The lowest BCUT2D eigenvalue weighted by molar-refractivity contribution is 0.0525. The van der Waals surface area contributed by atoms with Crippen LogP contribution in [0.5, 0.6) is 0 Å². The van der Waals surface area contributed by atoms with Crippen LogP contribution in [0, 0.1) is 25.2 Å². The van der Waals surface area contributed by atoms with E-state index in [4.69, 9.17) is 4.74 Å². The Morgan fingerprint density at radius 3 is 2.37 bits per heavy atom. The number of hydrogen-bond acceptors (Lipinski definition) is 5. The number of carbonyl (C=O) groups excluding carboxylic acids is 2. The first-order valence-electron chi connectivity index (χ1n) is 8.60. The van der Waals surface area contributed by atoms with Crippen molar-refractivity contribution in [2.24, 2.45) is 0 Å². The molecule has 1 aromatic heterocycles. The number of hydrogen-bond donors (Lipinski definition) is 1. The lowest BCUT2D eigenvalue weighted by Crippen LogP contribution is -2.08. The highest BCUT2D eigenvalue weighted by atomic mass is 16.5. The Morgan fingerprint density at radius 2 is 1.85 bits per heavy atom. The first kappa shape index (κ1) is 20.0. The van der Waals surface area contributed by atoms with E-state index in [0.29, 0.717) is 16.8 Å². The first-order valence-corrected chi connectivity index (χ1v) is 8.60. The van der Waals surface area contributed by atoms with Gasteiger partial charge >= 0.3 is 5.97 Å². The van der Waals surface area contributed by atoms with Crippen molar-refractivity contribution in [3.05, 3.63) is 57.9 Å². The van der Waals surface area contributed by atoms with Crippen LogP contribution in [-0.4, -0.2) is 37.4 Å². The predicted octanol–water partition coefficient (Wildman–Crippen LogP) is 3.66. The van der Waals surface area contributed by atoms with Gasteiger partial charge in [0.05, 0.1) is 17.9 Å². The molecule has 0 radical (unpaired) electrons. The number of carbonyl (C=O) groups is 2. The van der Waals surface area contributed by atoms with Gasteiger partial charge in [-0.3, -0.25) is 4.79 Å². The molecule has 6 nitrogen and oxygen atoms in total.